The average molecular weight is 299 g/mol. The number of nitrogens with zero attached hydrogens (tertiary/aromatic N) is 3. The molecule has 0 amide bonds. The van der Waals surface area contributed by atoms with Gasteiger partial charge >= 0.3 is 0 Å². The van der Waals surface area contributed by atoms with Crippen LogP contribution in [0.5, 0.6) is 0 Å². The fourth-order valence-electron chi connectivity index (χ4n) is 1.36. The van der Waals surface area contributed by atoms with Gasteiger partial charge in [0.2, 0.25) is 5.89 Å². The highest BCUT2D eigenvalue weighted by molar-refractivity contribution is 7.98. The highest BCUT2D eigenvalue weighted by Crippen LogP contribution is 2.26. The zero-order valence-electron chi connectivity index (χ0n) is 10.00. The summed E-state index contributed by atoms with van der Waals surface area (Å²) in [5, 5.41) is 20.2. The highest BCUT2D eigenvalue weighted by Gasteiger charge is 2.08. The van der Waals surface area contributed by atoms with Crippen LogP contribution in [0.2, 0.25) is 5.02 Å². The first-order valence-electron chi connectivity index (χ1n) is 5.29. The van der Waals surface area contributed by atoms with Crippen LogP contribution in [-0.2, 0) is 5.75 Å². The van der Waals surface area contributed by atoms with Crippen molar-refractivity contribution in [3.63, 3.8) is 0 Å². The van der Waals surface area contributed by atoms with Crippen molar-refractivity contribution in [1.82, 2.24) is 10.2 Å². The summed E-state index contributed by atoms with van der Waals surface area (Å²) in [7, 11) is 0. The molecule has 1 heterocycles. The molecule has 2 rings (SSSR count). The SMILES string of the molecule is Cc1nnc(SCc2ccc(/C(N)=N/O)cc2Cl)o1. The van der Waals surface area contributed by atoms with Gasteiger partial charge in [-0.1, -0.05) is 40.7 Å². The van der Waals surface area contributed by atoms with Crippen molar-refractivity contribution in [2.45, 2.75) is 17.9 Å². The number of thioether (sulfide) groups is 1. The molecule has 0 spiro atoms. The molecule has 0 aliphatic rings. The zero-order chi connectivity index (χ0) is 13.8. The minimum Gasteiger partial charge on any atom is -0.416 e. The fraction of sp³-hybridized carbons (Fsp3) is 0.182. The Morgan fingerprint density at radius 2 is 2.32 bits per heavy atom. The van der Waals surface area contributed by atoms with Crippen molar-refractivity contribution in [3.05, 3.63) is 40.2 Å². The molecule has 0 radical (unpaired) electrons. The number of aromatic nitrogens is 2. The predicted molar refractivity (Wildman–Crippen MR) is 72.6 cm³/mol. The van der Waals surface area contributed by atoms with Crippen LogP contribution in [0.3, 0.4) is 0 Å². The molecule has 0 aliphatic heterocycles. The maximum absolute atomic E-state index is 8.59. The Labute approximate surface area is 118 Å². The van der Waals surface area contributed by atoms with Gasteiger partial charge in [0, 0.05) is 23.3 Å². The lowest BCUT2D eigenvalue weighted by Crippen LogP contribution is -2.12. The predicted octanol–water partition coefficient (Wildman–Crippen LogP) is 2.42. The number of nitrogens with two attached hydrogens (primary N) is 1. The Morgan fingerprint density at radius 1 is 1.53 bits per heavy atom. The highest BCUT2D eigenvalue weighted by atomic mass is 35.5. The molecule has 19 heavy (non-hydrogen) atoms. The van der Waals surface area contributed by atoms with Gasteiger partial charge < -0.3 is 15.4 Å². The first-order chi connectivity index (χ1) is 9.10. The standard InChI is InChI=1S/C11H11ClN4O2S/c1-6-14-15-11(18-6)19-5-8-3-2-7(4-9(8)12)10(13)16-17/h2-4,17H,5H2,1H3,(H2,13,16). The Morgan fingerprint density at radius 3 is 2.89 bits per heavy atom. The number of halogens is 1. The lowest BCUT2D eigenvalue weighted by atomic mass is 10.1. The van der Waals surface area contributed by atoms with Gasteiger partial charge in [-0.2, -0.15) is 0 Å². The maximum Gasteiger partial charge on any atom is 0.276 e. The topological polar surface area (TPSA) is 97.5 Å². The Kier molecular flexibility index (Phi) is 4.28. The van der Waals surface area contributed by atoms with Crippen LogP contribution in [0.15, 0.2) is 33.0 Å². The van der Waals surface area contributed by atoms with Crippen molar-refractivity contribution in [2.24, 2.45) is 10.9 Å². The van der Waals surface area contributed by atoms with E-state index in [1.165, 1.54) is 11.8 Å². The molecule has 8 heteroatoms. The summed E-state index contributed by atoms with van der Waals surface area (Å²) in [5.74, 6) is 1.14. The van der Waals surface area contributed by atoms with Gasteiger partial charge in [-0.25, -0.2) is 0 Å². The number of benzene rings is 1. The third-order valence-corrected chi connectivity index (χ3v) is 3.53. The molecule has 0 bridgehead atoms. The number of amidine groups is 1. The molecule has 0 fully saturated rings. The molecule has 100 valence electrons. The second-order valence-electron chi connectivity index (χ2n) is 3.67. The molecule has 1 aromatic carbocycles. The third-order valence-electron chi connectivity index (χ3n) is 2.32. The first-order valence-corrected chi connectivity index (χ1v) is 6.65. The van der Waals surface area contributed by atoms with Gasteiger partial charge in [-0.15, -0.1) is 10.2 Å². The minimum atomic E-state index is 0.0219. The summed E-state index contributed by atoms with van der Waals surface area (Å²) in [6.07, 6.45) is 0. The second-order valence-corrected chi connectivity index (χ2v) is 5.00. The molecule has 1 aromatic heterocycles. The summed E-state index contributed by atoms with van der Waals surface area (Å²) in [5.41, 5.74) is 6.95. The fourth-order valence-corrected chi connectivity index (χ4v) is 2.49. The van der Waals surface area contributed by atoms with E-state index >= 15 is 0 Å². The van der Waals surface area contributed by atoms with Crippen molar-refractivity contribution < 1.29 is 9.62 Å². The van der Waals surface area contributed by atoms with E-state index in [0.29, 0.717) is 27.5 Å². The van der Waals surface area contributed by atoms with Crippen LogP contribution in [0.1, 0.15) is 17.0 Å². The Balaban J connectivity index is 2.09. The van der Waals surface area contributed by atoms with Crippen LogP contribution >= 0.6 is 23.4 Å². The summed E-state index contributed by atoms with van der Waals surface area (Å²) < 4.78 is 5.25. The van der Waals surface area contributed by atoms with Crippen LogP contribution in [0.4, 0.5) is 0 Å². The number of hydrogen-bond donors (Lipinski definition) is 2. The summed E-state index contributed by atoms with van der Waals surface area (Å²) in [4.78, 5) is 0. The van der Waals surface area contributed by atoms with E-state index in [-0.39, 0.29) is 5.84 Å². The van der Waals surface area contributed by atoms with Crippen molar-refractivity contribution in [3.8, 4) is 0 Å². The van der Waals surface area contributed by atoms with Crippen LogP contribution in [0.25, 0.3) is 0 Å². The number of oxime groups is 1. The van der Waals surface area contributed by atoms with Gasteiger partial charge in [0.1, 0.15) is 0 Å². The molecule has 0 saturated carbocycles. The van der Waals surface area contributed by atoms with E-state index in [0.717, 1.165) is 5.56 Å². The molecule has 6 nitrogen and oxygen atoms in total. The number of aryl methyl sites for hydroxylation is 1. The van der Waals surface area contributed by atoms with Crippen molar-refractivity contribution in [1.29, 1.82) is 0 Å². The van der Waals surface area contributed by atoms with Crippen molar-refractivity contribution >= 4 is 29.2 Å². The van der Waals surface area contributed by atoms with Gasteiger partial charge in [-0.05, 0) is 11.6 Å². The molecule has 0 atom stereocenters. The van der Waals surface area contributed by atoms with E-state index in [4.69, 9.17) is 27.0 Å². The maximum atomic E-state index is 8.59. The monoisotopic (exact) mass is 298 g/mol. The normalized spacial score (nSPS) is 11.8. The molecule has 0 unspecified atom stereocenters. The van der Waals surface area contributed by atoms with Crippen LogP contribution in [-0.4, -0.2) is 21.2 Å². The van der Waals surface area contributed by atoms with E-state index in [1.807, 2.05) is 6.07 Å². The van der Waals surface area contributed by atoms with Crippen LogP contribution in [0, 0.1) is 6.92 Å². The Bertz CT molecular complexity index is 614. The van der Waals surface area contributed by atoms with Gasteiger partial charge in [0.05, 0.1) is 0 Å². The quantitative estimate of drug-likeness (QED) is 0.296. The Hall–Kier alpha value is -1.73. The average Bonchev–Trinajstić information content (AvgIpc) is 2.82. The minimum absolute atomic E-state index is 0.0219. The van der Waals surface area contributed by atoms with Gasteiger partial charge in [0.15, 0.2) is 5.84 Å². The largest absolute Gasteiger partial charge is 0.416 e. The van der Waals surface area contributed by atoms with Crippen molar-refractivity contribution in [2.75, 3.05) is 0 Å². The number of rotatable bonds is 4. The van der Waals surface area contributed by atoms with Gasteiger partial charge in [0.25, 0.3) is 5.22 Å². The number of hydrogen-bond acceptors (Lipinski definition) is 6. The van der Waals surface area contributed by atoms with E-state index in [1.54, 1.807) is 19.1 Å². The molecule has 0 saturated heterocycles. The zero-order valence-corrected chi connectivity index (χ0v) is 11.6. The first kappa shape index (κ1) is 13.7. The second kappa shape index (κ2) is 5.94. The van der Waals surface area contributed by atoms with E-state index in [2.05, 4.69) is 15.4 Å². The summed E-state index contributed by atoms with van der Waals surface area (Å²) in [6.45, 7) is 1.73. The summed E-state index contributed by atoms with van der Waals surface area (Å²) >= 11 is 7.52. The third kappa shape index (κ3) is 3.39. The molecule has 2 aromatic rings. The smallest absolute Gasteiger partial charge is 0.276 e. The van der Waals surface area contributed by atoms with E-state index in [9.17, 15) is 0 Å². The van der Waals surface area contributed by atoms with Gasteiger partial charge in [-0.3, -0.25) is 0 Å². The molecular formula is C11H11ClN4O2S. The molecule has 0 aliphatic carbocycles. The summed E-state index contributed by atoms with van der Waals surface area (Å²) in [6, 6.07) is 5.19. The molecular weight excluding hydrogens is 288 g/mol. The van der Waals surface area contributed by atoms with E-state index < -0.39 is 0 Å². The lowest BCUT2D eigenvalue weighted by molar-refractivity contribution is 0.318. The van der Waals surface area contributed by atoms with Crippen LogP contribution < -0.4 is 5.73 Å². The lowest BCUT2D eigenvalue weighted by Gasteiger charge is -2.05. The molecule has 3 N–H and O–H groups in total.